The quantitative estimate of drug-likeness (QED) is 0.853. The Bertz CT molecular complexity index is 345. The van der Waals surface area contributed by atoms with Crippen LogP contribution in [-0.4, -0.2) is 21.6 Å². The number of imidazole rings is 1. The second-order valence-electron chi connectivity index (χ2n) is 6.72. The van der Waals surface area contributed by atoms with Gasteiger partial charge in [0, 0.05) is 31.4 Å². The van der Waals surface area contributed by atoms with Gasteiger partial charge in [-0.3, -0.25) is 0 Å². The summed E-state index contributed by atoms with van der Waals surface area (Å²) in [5, 5.41) is 3.54. The standard InChI is InChI=1S/C14H27N3/c1-13(2,3)16-8-7-14(4,5)11-12-15-9-10-17(12)6/h9-10,16H,7-8,11H2,1-6H3. The molecule has 3 heteroatoms. The van der Waals surface area contributed by atoms with Crippen molar-refractivity contribution in [1.29, 1.82) is 0 Å². The minimum atomic E-state index is 0.208. The van der Waals surface area contributed by atoms with Crippen LogP contribution in [0.15, 0.2) is 12.4 Å². The van der Waals surface area contributed by atoms with Crippen LogP contribution in [0, 0.1) is 5.41 Å². The fourth-order valence-corrected chi connectivity index (χ4v) is 1.86. The summed E-state index contributed by atoms with van der Waals surface area (Å²) >= 11 is 0. The summed E-state index contributed by atoms with van der Waals surface area (Å²) in [6.45, 7) is 12.3. The number of aryl methyl sites for hydroxylation is 1. The smallest absolute Gasteiger partial charge is 0.108 e. The Labute approximate surface area is 106 Å². The van der Waals surface area contributed by atoms with Crippen molar-refractivity contribution in [2.45, 2.75) is 53.0 Å². The zero-order valence-electron chi connectivity index (χ0n) is 12.2. The lowest BCUT2D eigenvalue weighted by Gasteiger charge is -2.27. The number of hydrogen-bond acceptors (Lipinski definition) is 2. The maximum absolute atomic E-state index is 4.40. The molecule has 0 aliphatic rings. The van der Waals surface area contributed by atoms with Crippen LogP contribution in [-0.2, 0) is 13.5 Å². The predicted octanol–water partition coefficient (Wildman–Crippen LogP) is 2.77. The lowest BCUT2D eigenvalue weighted by Crippen LogP contribution is -2.38. The van der Waals surface area contributed by atoms with Crippen molar-refractivity contribution >= 4 is 0 Å². The average Bonchev–Trinajstić information content (AvgIpc) is 2.48. The Kier molecular flexibility index (Phi) is 4.36. The zero-order valence-corrected chi connectivity index (χ0v) is 12.2. The Morgan fingerprint density at radius 3 is 2.35 bits per heavy atom. The Morgan fingerprint density at radius 2 is 1.88 bits per heavy atom. The van der Waals surface area contributed by atoms with Crippen LogP contribution in [0.5, 0.6) is 0 Å². The highest BCUT2D eigenvalue weighted by Gasteiger charge is 2.21. The maximum atomic E-state index is 4.40. The van der Waals surface area contributed by atoms with E-state index in [9.17, 15) is 0 Å². The highest BCUT2D eigenvalue weighted by atomic mass is 15.0. The van der Waals surface area contributed by atoms with Crippen molar-refractivity contribution in [3.05, 3.63) is 18.2 Å². The van der Waals surface area contributed by atoms with E-state index in [2.05, 4.69) is 56.5 Å². The van der Waals surface area contributed by atoms with Gasteiger partial charge >= 0.3 is 0 Å². The summed E-state index contributed by atoms with van der Waals surface area (Å²) in [7, 11) is 2.06. The van der Waals surface area contributed by atoms with Crippen molar-refractivity contribution in [2.75, 3.05) is 6.54 Å². The van der Waals surface area contributed by atoms with Crippen molar-refractivity contribution < 1.29 is 0 Å². The molecule has 0 aromatic carbocycles. The molecule has 1 aromatic heterocycles. The van der Waals surface area contributed by atoms with Gasteiger partial charge in [-0.2, -0.15) is 0 Å². The molecule has 0 saturated heterocycles. The second kappa shape index (κ2) is 5.21. The molecule has 0 aliphatic carbocycles. The molecule has 1 rings (SSSR count). The van der Waals surface area contributed by atoms with Crippen LogP contribution in [0.3, 0.4) is 0 Å². The van der Waals surface area contributed by atoms with E-state index in [0.717, 1.165) is 19.4 Å². The van der Waals surface area contributed by atoms with E-state index in [-0.39, 0.29) is 11.0 Å². The van der Waals surface area contributed by atoms with Gasteiger partial charge in [-0.25, -0.2) is 4.98 Å². The Hall–Kier alpha value is -0.830. The van der Waals surface area contributed by atoms with E-state index in [0.29, 0.717) is 0 Å². The molecule has 1 N–H and O–H groups in total. The summed E-state index contributed by atoms with van der Waals surface area (Å²) < 4.78 is 2.11. The van der Waals surface area contributed by atoms with Crippen molar-refractivity contribution in [2.24, 2.45) is 12.5 Å². The molecule has 0 unspecified atom stereocenters. The van der Waals surface area contributed by atoms with Gasteiger partial charge in [0.05, 0.1) is 0 Å². The van der Waals surface area contributed by atoms with Gasteiger partial charge in [0.2, 0.25) is 0 Å². The lowest BCUT2D eigenvalue weighted by atomic mass is 9.85. The van der Waals surface area contributed by atoms with Gasteiger partial charge in [0.1, 0.15) is 5.82 Å². The third kappa shape index (κ3) is 5.35. The first-order valence-electron chi connectivity index (χ1n) is 6.41. The van der Waals surface area contributed by atoms with E-state index in [1.54, 1.807) is 0 Å². The van der Waals surface area contributed by atoms with Crippen LogP contribution >= 0.6 is 0 Å². The molecule has 0 saturated carbocycles. The largest absolute Gasteiger partial charge is 0.338 e. The maximum Gasteiger partial charge on any atom is 0.108 e. The van der Waals surface area contributed by atoms with Gasteiger partial charge in [-0.1, -0.05) is 13.8 Å². The first-order chi connectivity index (χ1) is 7.70. The Balaban J connectivity index is 2.44. The summed E-state index contributed by atoms with van der Waals surface area (Å²) in [6, 6.07) is 0. The fourth-order valence-electron chi connectivity index (χ4n) is 1.86. The van der Waals surface area contributed by atoms with E-state index in [1.165, 1.54) is 5.82 Å². The van der Waals surface area contributed by atoms with Crippen LogP contribution in [0.25, 0.3) is 0 Å². The number of aromatic nitrogens is 2. The minimum absolute atomic E-state index is 0.208. The van der Waals surface area contributed by atoms with E-state index < -0.39 is 0 Å². The number of rotatable bonds is 5. The molecule has 17 heavy (non-hydrogen) atoms. The Morgan fingerprint density at radius 1 is 1.24 bits per heavy atom. The van der Waals surface area contributed by atoms with Crippen molar-refractivity contribution in [3.8, 4) is 0 Å². The lowest BCUT2D eigenvalue weighted by molar-refractivity contribution is 0.295. The first-order valence-corrected chi connectivity index (χ1v) is 6.41. The molecule has 0 fully saturated rings. The molecule has 98 valence electrons. The van der Waals surface area contributed by atoms with Gasteiger partial charge in [0.25, 0.3) is 0 Å². The summed E-state index contributed by atoms with van der Waals surface area (Å²) in [5.74, 6) is 1.17. The number of hydrogen-bond donors (Lipinski definition) is 1. The van der Waals surface area contributed by atoms with Crippen LogP contribution in [0.4, 0.5) is 0 Å². The topological polar surface area (TPSA) is 29.9 Å². The van der Waals surface area contributed by atoms with E-state index in [4.69, 9.17) is 0 Å². The zero-order chi connectivity index (χ0) is 13.1. The van der Waals surface area contributed by atoms with Gasteiger partial charge < -0.3 is 9.88 Å². The molecule has 0 aliphatic heterocycles. The molecule has 0 amide bonds. The normalized spacial score (nSPS) is 13.1. The molecule has 1 aromatic rings. The third-order valence-corrected chi connectivity index (χ3v) is 3.01. The highest BCUT2D eigenvalue weighted by Crippen LogP contribution is 2.24. The molecular weight excluding hydrogens is 210 g/mol. The molecule has 0 spiro atoms. The predicted molar refractivity (Wildman–Crippen MR) is 73.1 cm³/mol. The molecule has 1 heterocycles. The summed E-state index contributed by atoms with van der Waals surface area (Å²) in [6.07, 6.45) is 6.08. The van der Waals surface area contributed by atoms with Crippen LogP contribution in [0.1, 0.15) is 46.9 Å². The van der Waals surface area contributed by atoms with Gasteiger partial charge in [-0.15, -0.1) is 0 Å². The van der Waals surface area contributed by atoms with Crippen LogP contribution in [0.2, 0.25) is 0 Å². The molecule has 3 nitrogen and oxygen atoms in total. The summed E-state index contributed by atoms with van der Waals surface area (Å²) in [4.78, 5) is 4.40. The summed E-state index contributed by atoms with van der Waals surface area (Å²) in [5.41, 5.74) is 0.497. The third-order valence-electron chi connectivity index (χ3n) is 3.01. The molecular formula is C14H27N3. The van der Waals surface area contributed by atoms with Crippen molar-refractivity contribution in [3.63, 3.8) is 0 Å². The SMILES string of the molecule is Cn1ccnc1CC(C)(C)CCNC(C)(C)C. The monoisotopic (exact) mass is 237 g/mol. The number of nitrogens with zero attached hydrogens (tertiary/aromatic N) is 2. The van der Waals surface area contributed by atoms with Gasteiger partial charge in [-0.05, 0) is 39.2 Å². The first kappa shape index (κ1) is 14.2. The van der Waals surface area contributed by atoms with E-state index in [1.807, 2.05) is 12.4 Å². The van der Waals surface area contributed by atoms with Crippen molar-refractivity contribution in [1.82, 2.24) is 14.9 Å². The molecule has 0 atom stereocenters. The van der Waals surface area contributed by atoms with E-state index >= 15 is 0 Å². The molecule has 0 bridgehead atoms. The minimum Gasteiger partial charge on any atom is -0.338 e. The van der Waals surface area contributed by atoms with Crippen LogP contribution < -0.4 is 5.32 Å². The molecule has 0 radical (unpaired) electrons. The second-order valence-corrected chi connectivity index (χ2v) is 6.72. The van der Waals surface area contributed by atoms with Gasteiger partial charge in [0.15, 0.2) is 0 Å². The number of nitrogens with one attached hydrogen (secondary N) is 1. The highest BCUT2D eigenvalue weighted by molar-refractivity contribution is 4.95. The average molecular weight is 237 g/mol. The fraction of sp³-hybridized carbons (Fsp3) is 0.786.